The monoisotopic (exact) mass is 377 g/mol. The standard InChI is InChI=1S/C22H39N3O2/c1-20(2,3)16-14-12-24(10)15(18(26)27-11)13-25(14)19(22(7,8)9)23-17(16)21(4,5)6/h15,17H,12-13H2,1-11H3. The number of carbonyl (C=O) groups is 1. The van der Waals surface area contributed by atoms with Gasteiger partial charge in [0.2, 0.25) is 0 Å². The molecule has 2 unspecified atom stereocenters. The number of nitrogens with zero attached hydrogens (tertiary/aromatic N) is 3. The van der Waals surface area contributed by atoms with Crippen LogP contribution in [0.25, 0.3) is 0 Å². The topological polar surface area (TPSA) is 45.1 Å². The third-order valence-electron chi connectivity index (χ3n) is 5.48. The van der Waals surface area contributed by atoms with E-state index in [9.17, 15) is 4.79 Å². The number of hydrogen-bond donors (Lipinski definition) is 0. The van der Waals surface area contributed by atoms with Crippen molar-refractivity contribution in [2.75, 3.05) is 27.2 Å². The van der Waals surface area contributed by atoms with Gasteiger partial charge in [-0.05, 0) is 23.5 Å². The number of piperazine rings is 1. The predicted octanol–water partition coefficient (Wildman–Crippen LogP) is 3.95. The Labute approximate surface area is 165 Å². The highest BCUT2D eigenvalue weighted by Crippen LogP contribution is 2.45. The quantitative estimate of drug-likeness (QED) is 0.649. The second kappa shape index (κ2) is 6.91. The number of esters is 1. The van der Waals surface area contributed by atoms with Crippen LogP contribution in [0.2, 0.25) is 0 Å². The predicted molar refractivity (Wildman–Crippen MR) is 112 cm³/mol. The van der Waals surface area contributed by atoms with Crippen LogP contribution < -0.4 is 0 Å². The number of methoxy groups -OCH3 is 1. The lowest BCUT2D eigenvalue weighted by Gasteiger charge is -2.51. The van der Waals surface area contributed by atoms with Gasteiger partial charge in [0, 0.05) is 17.7 Å². The molecule has 2 atom stereocenters. The van der Waals surface area contributed by atoms with Crippen LogP contribution in [-0.4, -0.2) is 60.9 Å². The maximum absolute atomic E-state index is 12.4. The van der Waals surface area contributed by atoms with Crippen molar-refractivity contribution < 1.29 is 9.53 Å². The third kappa shape index (κ3) is 4.23. The van der Waals surface area contributed by atoms with Gasteiger partial charge >= 0.3 is 5.97 Å². The molecule has 5 heteroatoms. The van der Waals surface area contributed by atoms with Gasteiger partial charge in [0.25, 0.3) is 0 Å². The smallest absolute Gasteiger partial charge is 0.324 e. The molecule has 0 aromatic carbocycles. The number of hydrogen-bond acceptors (Lipinski definition) is 5. The second-order valence-corrected chi connectivity index (χ2v) is 11.1. The molecule has 0 aliphatic carbocycles. The highest BCUT2D eigenvalue weighted by molar-refractivity contribution is 5.91. The average Bonchev–Trinajstić information content (AvgIpc) is 2.48. The van der Waals surface area contributed by atoms with Crippen molar-refractivity contribution in [1.82, 2.24) is 9.80 Å². The lowest BCUT2D eigenvalue weighted by Crippen LogP contribution is -2.60. The number of carbonyl (C=O) groups excluding carboxylic acids is 1. The van der Waals surface area contributed by atoms with Crippen LogP contribution in [0.15, 0.2) is 16.3 Å². The molecule has 154 valence electrons. The van der Waals surface area contributed by atoms with E-state index in [4.69, 9.17) is 9.73 Å². The summed E-state index contributed by atoms with van der Waals surface area (Å²) in [6.45, 7) is 21.6. The zero-order chi connectivity index (χ0) is 20.9. The summed E-state index contributed by atoms with van der Waals surface area (Å²) in [5.41, 5.74) is 2.62. The van der Waals surface area contributed by atoms with Crippen molar-refractivity contribution in [3.05, 3.63) is 11.3 Å². The van der Waals surface area contributed by atoms with Crippen LogP contribution in [0.1, 0.15) is 62.3 Å². The fourth-order valence-electron chi connectivity index (χ4n) is 4.17. The van der Waals surface area contributed by atoms with Crippen LogP contribution in [-0.2, 0) is 9.53 Å². The number of aliphatic imine (C=N–C) groups is 1. The van der Waals surface area contributed by atoms with Crippen molar-refractivity contribution >= 4 is 11.8 Å². The van der Waals surface area contributed by atoms with E-state index in [2.05, 4.69) is 72.1 Å². The molecule has 0 aromatic heterocycles. The molecule has 2 heterocycles. The Morgan fingerprint density at radius 2 is 1.59 bits per heavy atom. The summed E-state index contributed by atoms with van der Waals surface area (Å²) in [6.07, 6.45) is 0. The summed E-state index contributed by atoms with van der Waals surface area (Å²) < 4.78 is 5.07. The normalized spacial score (nSPS) is 25.3. The van der Waals surface area contributed by atoms with Crippen LogP contribution >= 0.6 is 0 Å². The first-order valence-corrected chi connectivity index (χ1v) is 9.96. The van der Waals surface area contributed by atoms with E-state index in [1.165, 1.54) is 18.4 Å². The molecule has 27 heavy (non-hydrogen) atoms. The SMILES string of the molecule is COC(=O)C1CN2C(C(C)(C)C)=NC(C(C)(C)C)C(C(C)(C)C)=C2CN1C. The summed E-state index contributed by atoms with van der Waals surface area (Å²) in [5, 5.41) is 0. The molecule has 2 aliphatic rings. The minimum Gasteiger partial charge on any atom is -0.468 e. The van der Waals surface area contributed by atoms with Crippen molar-refractivity contribution in [3.8, 4) is 0 Å². The van der Waals surface area contributed by atoms with Crippen LogP contribution in [0, 0.1) is 16.2 Å². The van der Waals surface area contributed by atoms with E-state index in [-0.39, 0.29) is 34.3 Å². The number of rotatable bonds is 1. The van der Waals surface area contributed by atoms with Gasteiger partial charge in [-0.2, -0.15) is 0 Å². The highest BCUT2D eigenvalue weighted by Gasteiger charge is 2.47. The number of ether oxygens (including phenoxy) is 1. The fourth-order valence-corrected chi connectivity index (χ4v) is 4.17. The van der Waals surface area contributed by atoms with E-state index in [0.717, 1.165) is 12.4 Å². The number of amidine groups is 1. The lowest BCUT2D eigenvalue weighted by molar-refractivity contribution is -0.147. The third-order valence-corrected chi connectivity index (χ3v) is 5.48. The van der Waals surface area contributed by atoms with Gasteiger partial charge in [0.05, 0.1) is 19.7 Å². The minimum absolute atomic E-state index is 0.00259. The molecule has 0 bridgehead atoms. The van der Waals surface area contributed by atoms with Gasteiger partial charge in [-0.3, -0.25) is 14.7 Å². The van der Waals surface area contributed by atoms with Gasteiger partial charge in [0.1, 0.15) is 11.9 Å². The van der Waals surface area contributed by atoms with E-state index in [1.807, 2.05) is 7.05 Å². The van der Waals surface area contributed by atoms with E-state index in [0.29, 0.717) is 6.54 Å². The molecule has 0 radical (unpaired) electrons. The van der Waals surface area contributed by atoms with Crippen molar-refractivity contribution in [1.29, 1.82) is 0 Å². The Morgan fingerprint density at radius 3 is 2.00 bits per heavy atom. The average molecular weight is 378 g/mol. The van der Waals surface area contributed by atoms with E-state index in [1.54, 1.807) is 0 Å². The molecule has 0 spiro atoms. The van der Waals surface area contributed by atoms with Crippen molar-refractivity contribution in [2.45, 2.75) is 74.4 Å². The molecular weight excluding hydrogens is 338 g/mol. The Balaban J connectivity index is 2.69. The summed E-state index contributed by atoms with van der Waals surface area (Å²) in [4.78, 5) is 22.1. The van der Waals surface area contributed by atoms with E-state index < -0.39 is 0 Å². The van der Waals surface area contributed by atoms with Crippen molar-refractivity contribution in [2.24, 2.45) is 21.2 Å². The Hall–Kier alpha value is -1.36. The summed E-state index contributed by atoms with van der Waals surface area (Å²) >= 11 is 0. The second-order valence-electron chi connectivity index (χ2n) is 11.1. The van der Waals surface area contributed by atoms with Crippen LogP contribution in [0.3, 0.4) is 0 Å². The number of fused-ring (bicyclic) bond motifs is 1. The molecule has 1 fully saturated rings. The summed E-state index contributed by atoms with van der Waals surface area (Å²) in [7, 11) is 3.48. The lowest BCUT2D eigenvalue weighted by atomic mass is 9.70. The van der Waals surface area contributed by atoms with Crippen molar-refractivity contribution in [3.63, 3.8) is 0 Å². The van der Waals surface area contributed by atoms with Crippen LogP contribution in [0.4, 0.5) is 0 Å². The molecular formula is C22H39N3O2. The zero-order valence-corrected chi connectivity index (χ0v) is 19.2. The molecule has 2 rings (SSSR count). The Morgan fingerprint density at radius 1 is 1.04 bits per heavy atom. The maximum Gasteiger partial charge on any atom is 0.324 e. The Bertz CT molecular complexity index is 657. The van der Waals surface area contributed by atoms with Gasteiger partial charge in [-0.1, -0.05) is 62.3 Å². The number of likely N-dealkylation sites (N-methyl/N-ethyl adjacent to an activating group) is 1. The van der Waals surface area contributed by atoms with Crippen LogP contribution in [0.5, 0.6) is 0 Å². The molecule has 0 amide bonds. The minimum atomic E-state index is -0.279. The maximum atomic E-state index is 12.4. The first-order valence-electron chi connectivity index (χ1n) is 9.96. The molecule has 5 nitrogen and oxygen atoms in total. The molecule has 1 saturated heterocycles. The van der Waals surface area contributed by atoms with E-state index >= 15 is 0 Å². The summed E-state index contributed by atoms with van der Waals surface area (Å²) in [6, 6.07) is -0.153. The summed E-state index contributed by atoms with van der Waals surface area (Å²) in [5.74, 6) is 0.896. The van der Waals surface area contributed by atoms with Gasteiger partial charge in [-0.15, -0.1) is 0 Å². The molecule has 0 N–H and O–H groups in total. The fraction of sp³-hybridized carbons (Fsp3) is 0.818. The first-order chi connectivity index (χ1) is 12.1. The molecule has 0 saturated carbocycles. The Kier molecular flexibility index (Phi) is 5.61. The molecule has 2 aliphatic heterocycles. The van der Waals surface area contributed by atoms with Gasteiger partial charge < -0.3 is 9.64 Å². The zero-order valence-electron chi connectivity index (χ0n) is 19.2. The van der Waals surface area contributed by atoms with Gasteiger partial charge in [-0.25, -0.2) is 0 Å². The highest BCUT2D eigenvalue weighted by atomic mass is 16.5. The largest absolute Gasteiger partial charge is 0.468 e. The molecule has 0 aromatic rings. The first kappa shape index (κ1) is 21.9. The van der Waals surface area contributed by atoms with Gasteiger partial charge in [0.15, 0.2) is 0 Å².